The van der Waals surface area contributed by atoms with Crippen molar-refractivity contribution in [3.05, 3.63) is 12.2 Å². The Bertz CT molecular complexity index is 205. The van der Waals surface area contributed by atoms with E-state index in [2.05, 4.69) is 26.0 Å². The van der Waals surface area contributed by atoms with Crippen molar-refractivity contribution < 1.29 is 0 Å². The second-order valence-electron chi connectivity index (χ2n) is 4.92. The molecule has 2 aliphatic rings. The van der Waals surface area contributed by atoms with Gasteiger partial charge in [-0.15, -0.1) is 0 Å². The monoisotopic (exact) mass is 165 g/mol. The van der Waals surface area contributed by atoms with Crippen molar-refractivity contribution in [2.45, 2.75) is 39.2 Å². The number of hydrogen-bond acceptors (Lipinski definition) is 1. The van der Waals surface area contributed by atoms with E-state index in [1.54, 1.807) is 0 Å². The van der Waals surface area contributed by atoms with Crippen LogP contribution in [0.3, 0.4) is 0 Å². The summed E-state index contributed by atoms with van der Waals surface area (Å²) in [5.41, 5.74) is 6.48. The van der Waals surface area contributed by atoms with E-state index in [4.69, 9.17) is 5.73 Å². The SMILES string of the molecule is CC1(C)[C@H](N)[C@H]1C1CC=CCC1. The van der Waals surface area contributed by atoms with E-state index in [1.807, 2.05) is 0 Å². The summed E-state index contributed by atoms with van der Waals surface area (Å²) in [6.45, 7) is 4.61. The Labute approximate surface area is 75.0 Å². The summed E-state index contributed by atoms with van der Waals surface area (Å²) >= 11 is 0. The average Bonchev–Trinajstić information content (AvgIpc) is 2.53. The Morgan fingerprint density at radius 3 is 2.42 bits per heavy atom. The molecule has 1 nitrogen and oxygen atoms in total. The first-order chi connectivity index (χ1) is 5.64. The molecule has 0 bridgehead atoms. The predicted octanol–water partition coefficient (Wildman–Crippen LogP) is 2.33. The number of allylic oxidation sites excluding steroid dienone is 2. The highest BCUT2D eigenvalue weighted by Gasteiger charge is 2.58. The molecule has 1 saturated carbocycles. The summed E-state index contributed by atoms with van der Waals surface area (Å²) < 4.78 is 0. The highest BCUT2D eigenvalue weighted by atomic mass is 14.8. The van der Waals surface area contributed by atoms with Gasteiger partial charge in [-0.1, -0.05) is 26.0 Å². The van der Waals surface area contributed by atoms with Crippen molar-refractivity contribution in [3.63, 3.8) is 0 Å². The van der Waals surface area contributed by atoms with Gasteiger partial charge in [-0.3, -0.25) is 0 Å². The molecule has 68 valence electrons. The van der Waals surface area contributed by atoms with Gasteiger partial charge in [0.25, 0.3) is 0 Å². The van der Waals surface area contributed by atoms with Crippen molar-refractivity contribution in [2.75, 3.05) is 0 Å². The van der Waals surface area contributed by atoms with E-state index in [1.165, 1.54) is 19.3 Å². The molecule has 0 spiro atoms. The molecule has 12 heavy (non-hydrogen) atoms. The Hall–Kier alpha value is -0.300. The third-order valence-corrected chi connectivity index (χ3v) is 3.81. The Morgan fingerprint density at radius 2 is 2.00 bits per heavy atom. The first-order valence-electron chi connectivity index (χ1n) is 5.04. The molecule has 2 aliphatic carbocycles. The van der Waals surface area contributed by atoms with Crippen LogP contribution in [0.1, 0.15) is 33.1 Å². The second kappa shape index (κ2) is 2.59. The summed E-state index contributed by atoms with van der Waals surface area (Å²) in [5.74, 6) is 1.67. The van der Waals surface area contributed by atoms with Crippen molar-refractivity contribution in [1.82, 2.24) is 0 Å². The van der Waals surface area contributed by atoms with Gasteiger partial charge in [0.15, 0.2) is 0 Å². The van der Waals surface area contributed by atoms with Crippen LogP contribution in [0.2, 0.25) is 0 Å². The van der Waals surface area contributed by atoms with Gasteiger partial charge in [0, 0.05) is 6.04 Å². The maximum Gasteiger partial charge on any atom is 0.0130 e. The van der Waals surface area contributed by atoms with Crippen molar-refractivity contribution in [3.8, 4) is 0 Å². The van der Waals surface area contributed by atoms with E-state index >= 15 is 0 Å². The zero-order valence-corrected chi connectivity index (χ0v) is 8.09. The average molecular weight is 165 g/mol. The van der Waals surface area contributed by atoms with Crippen molar-refractivity contribution in [1.29, 1.82) is 0 Å². The fourth-order valence-electron chi connectivity index (χ4n) is 2.76. The molecule has 0 aromatic rings. The zero-order valence-electron chi connectivity index (χ0n) is 8.09. The van der Waals surface area contributed by atoms with Crippen molar-refractivity contribution >= 4 is 0 Å². The lowest BCUT2D eigenvalue weighted by Crippen LogP contribution is -2.11. The maximum atomic E-state index is 6.05. The van der Waals surface area contributed by atoms with Gasteiger partial charge in [-0.25, -0.2) is 0 Å². The molecule has 1 unspecified atom stereocenters. The molecule has 0 aromatic carbocycles. The molecule has 2 N–H and O–H groups in total. The molecule has 0 radical (unpaired) electrons. The molecule has 2 rings (SSSR count). The van der Waals surface area contributed by atoms with E-state index in [0.717, 1.165) is 11.8 Å². The number of nitrogens with two attached hydrogens (primary N) is 1. The third kappa shape index (κ3) is 1.11. The van der Waals surface area contributed by atoms with Gasteiger partial charge >= 0.3 is 0 Å². The number of hydrogen-bond donors (Lipinski definition) is 1. The van der Waals surface area contributed by atoms with E-state index < -0.39 is 0 Å². The van der Waals surface area contributed by atoms with Crippen LogP contribution in [0.4, 0.5) is 0 Å². The quantitative estimate of drug-likeness (QED) is 0.593. The van der Waals surface area contributed by atoms with E-state index in [9.17, 15) is 0 Å². The first kappa shape index (κ1) is 8.31. The van der Waals surface area contributed by atoms with Crippen LogP contribution in [-0.2, 0) is 0 Å². The Balaban J connectivity index is 1.99. The summed E-state index contributed by atoms with van der Waals surface area (Å²) in [4.78, 5) is 0. The summed E-state index contributed by atoms with van der Waals surface area (Å²) in [5, 5.41) is 0. The largest absolute Gasteiger partial charge is 0.327 e. The Morgan fingerprint density at radius 1 is 1.33 bits per heavy atom. The van der Waals surface area contributed by atoms with Gasteiger partial charge in [-0.2, -0.15) is 0 Å². The van der Waals surface area contributed by atoms with Crippen LogP contribution in [0, 0.1) is 17.3 Å². The highest BCUT2D eigenvalue weighted by molar-refractivity contribution is 5.13. The normalized spacial score (nSPS) is 44.4. The molecular formula is C11H19N. The van der Waals surface area contributed by atoms with E-state index in [-0.39, 0.29) is 0 Å². The van der Waals surface area contributed by atoms with Crippen LogP contribution in [0.15, 0.2) is 12.2 Å². The van der Waals surface area contributed by atoms with Crippen LogP contribution in [0.25, 0.3) is 0 Å². The van der Waals surface area contributed by atoms with Gasteiger partial charge in [0.2, 0.25) is 0 Å². The van der Waals surface area contributed by atoms with Crippen LogP contribution in [0.5, 0.6) is 0 Å². The van der Waals surface area contributed by atoms with Gasteiger partial charge in [0.1, 0.15) is 0 Å². The molecule has 0 aromatic heterocycles. The maximum absolute atomic E-state index is 6.05. The van der Waals surface area contributed by atoms with Crippen LogP contribution >= 0.6 is 0 Å². The molecule has 0 saturated heterocycles. The smallest absolute Gasteiger partial charge is 0.0130 e. The van der Waals surface area contributed by atoms with E-state index in [0.29, 0.717) is 11.5 Å². The molecule has 0 heterocycles. The molecule has 1 heteroatoms. The van der Waals surface area contributed by atoms with Crippen LogP contribution < -0.4 is 5.73 Å². The second-order valence-corrected chi connectivity index (χ2v) is 4.92. The lowest BCUT2D eigenvalue weighted by molar-refractivity contribution is 0.365. The first-order valence-corrected chi connectivity index (χ1v) is 5.04. The number of rotatable bonds is 1. The minimum Gasteiger partial charge on any atom is -0.327 e. The van der Waals surface area contributed by atoms with Crippen LogP contribution in [-0.4, -0.2) is 6.04 Å². The van der Waals surface area contributed by atoms with Gasteiger partial charge < -0.3 is 5.73 Å². The third-order valence-electron chi connectivity index (χ3n) is 3.81. The minimum absolute atomic E-state index is 0.426. The summed E-state index contributed by atoms with van der Waals surface area (Å²) in [6, 6.07) is 0.467. The topological polar surface area (TPSA) is 26.0 Å². The highest BCUT2D eigenvalue weighted by Crippen LogP contribution is 2.56. The van der Waals surface area contributed by atoms with Gasteiger partial charge in [-0.05, 0) is 36.5 Å². The lowest BCUT2D eigenvalue weighted by Gasteiger charge is -2.18. The predicted molar refractivity (Wildman–Crippen MR) is 51.7 cm³/mol. The zero-order chi connectivity index (χ0) is 8.77. The molecule has 3 atom stereocenters. The van der Waals surface area contributed by atoms with Gasteiger partial charge in [0.05, 0.1) is 0 Å². The fourth-order valence-corrected chi connectivity index (χ4v) is 2.76. The molecule has 0 amide bonds. The summed E-state index contributed by atoms with van der Waals surface area (Å²) in [6.07, 6.45) is 8.52. The molecule has 0 aliphatic heterocycles. The standard InChI is InChI=1S/C11H19N/c1-11(2)9(10(11)12)8-6-4-3-5-7-8/h3-4,8-10H,5-7,12H2,1-2H3/t8?,9-,10-/m1/s1. The summed E-state index contributed by atoms with van der Waals surface area (Å²) in [7, 11) is 0. The molecule has 1 fully saturated rings. The minimum atomic E-state index is 0.426. The molecular weight excluding hydrogens is 146 g/mol. The lowest BCUT2D eigenvalue weighted by atomic mass is 9.87. The van der Waals surface area contributed by atoms with Crippen molar-refractivity contribution in [2.24, 2.45) is 23.0 Å². The Kier molecular flexibility index (Phi) is 1.80. The fraction of sp³-hybridized carbons (Fsp3) is 0.818.